The number of rotatable bonds is 2. The van der Waals surface area contributed by atoms with Gasteiger partial charge in [-0.25, -0.2) is 0 Å². The number of nitrogens with two attached hydrogens (primary N) is 5. The van der Waals surface area contributed by atoms with Gasteiger partial charge in [-0.05, 0) is 178 Å². The monoisotopic (exact) mass is 951 g/mol. The summed E-state index contributed by atoms with van der Waals surface area (Å²) in [5.41, 5.74) is 30.9. The molecule has 0 radical (unpaired) electrons. The number of hydrogen-bond donors (Lipinski definition) is 8. The van der Waals surface area contributed by atoms with Crippen LogP contribution in [0.5, 0.6) is 0 Å². The fraction of sp³-hybridized carbons (Fsp3) is 1.00. The Morgan fingerprint density at radius 2 is 0.657 bits per heavy atom. The highest BCUT2D eigenvalue weighted by atomic mass is 16.3. The van der Waals surface area contributed by atoms with Crippen molar-refractivity contribution in [3.8, 4) is 0 Å². The van der Waals surface area contributed by atoms with E-state index in [1.54, 1.807) is 0 Å². The average molecular weight is 952 g/mol. The molecule has 5 aliphatic heterocycles. The van der Waals surface area contributed by atoms with Crippen LogP contribution < -0.4 is 28.7 Å². The van der Waals surface area contributed by atoms with Crippen molar-refractivity contribution in [2.45, 2.75) is 239 Å². The zero-order valence-electron chi connectivity index (χ0n) is 46.9. The minimum Gasteiger partial charge on any atom is -0.391 e. The molecule has 7 aliphatic rings. The van der Waals surface area contributed by atoms with Gasteiger partial charge in [0.25, 0.3) is 0 Å². The van der Waals surface area contributed by atoms with E-state index in [4.69, 9.17) is 28.7 Å². The molecule has 2 aliphatic carbocycles. The molecular weight excluding hydrogens is 837 g/mol. The molecule has 13 heteroatoms. The van der Waals surface area contributed by atoms with E-state index in [1.807, 2.05) is 0 Å². The van der Waals surface area contributed by atoms with Gasteiger partial charge in [-0.3, -0.25) is 24.5 Å². The van der Waals surface area contributed by atoms with E-state index >= 15 is 0 Å². The van der Waals surface area contributed by atoms with E-state index in [1.165, 1.54) is 51.6 Å². The molecule has 0 spiro atoms. The van der Waals surface area contributed by atoms with Gasteiger partial charge < -0.3 is 44.0 Å². The number of likely N-dealkylation sites (tertiary alicyclic amines) is 5. The first-order valence-electron chi connectivity index (χ1n) is 27.0. The van der Waals surface area contributed by atoms with Crippen LogP contribution in [0.2, 0.25) is 0 Å². The normalized spacial score (nSPS) is 37.1. The Labute approximate surface area is 413 Å². The van der Waals surface area contributed by atoms with Gasteiger partial charge in [-0.15, -0.1) is 0 Å². The Balaban J connectivity index is 0.000000223. The molecule has 5 heterocycles. The van der Waals surface area contributed by atoms with Gasteiger partial charge in [0.2, 0.25) is 0 Å². The van der Waals surface area contributed by atoms with E-state index in [9.17, 15) is 15.3 Å². The third-order valence-electron chi connectivity index (χ3n) is 16.1. The quantitative estimate of drug-likeness (QED) is 0.185. The van der Waals surface area contributed by atoms with E-state index in [0.29, 0.717) is 23.5 Å². The van der Waals surface area contributed by atoms with Crippen LogP contribution in [0.1, 0.15) is 163 Å². The first-order chi connectivity index (χ1) is 30.4. The maximum absolute atomic E-state index is 10.1. The van der Waals surface area contributed by atoms with E-state index in [-0.39, 0.29) is 70.4 Å². The Morgan fingerprint density at radius 1 is 0.343 bits per heavy atom. The topological polar surface area (TPSA) is 207 Å². The van der Waals surface area contributed by atoms with Crippen LogP contribution in [0.3, 0.4) is 0 Å². The molecule has 13 N–H and O–H groups in total. The molecule has 398 valence electrons. The lowest BCUT2D eigenvalue weighted by Gasteiger charge is -2.46. The van der Waals surface area contributed by atoms with Crippen LogP contribution in [-0.2, 0) is 0 Å². The molecular formula is C54H114N10O3. The smallest absolute Gasteiger partial charge is 0.0746 e. The molecule has 0 bridgehead atoms. The number of piperidine rings is 5. The molecule has 13 nitrogen and oxygen atoms in total. The molecule has 0 aromatic carbocycles. The number of aliphatic hydroxyl groups is 3. The maximum Gasteiger partial charge on any atom is 0.0746 e. The SMILES string of the molecule is CC(C)(C)N1C[C@@H](N)C[C@@H](C2CC2)C1.CC(C)(C)N1C[C@@H](N)[C@H](O)[C@@H](C2CC2)C1.C[C@@H]1C[C@H](N)CN(C(C)(C)C)C1.C[C@H]1CN(C(C)(C)C)C[C@@H](N)[C@@H]1O.C[C@H]1CN(C(C)(C)C)C[C@@H](N)[C@@H]1O. The van der Waals surface area contributed by atoms with Gasteiger partial charge in [0.15, 0.2) is 0 Å². The summed E-state index contributed by atoms with van der Waals surface area (Å²) in [4.78, 5) is 12.2. The van der Waals surface area contributed by atoms with Crippen molar-refractivity contribution in [3.63, 3.8) is 0 Å². The molecule has 2 saturated carbocycles. The second-order valence-electron chi connectivity index (χ2n) is 28.0. The zero-order chi connectivity index (χ0) is 51.4. The second-order valence-corrected chi connectivity index (χ2v) is 28.0. The largest absolute Gasteiger partial charge is 0.391 e. The molecule has 67 heavy (non-hydrogen) atoms. The molecule has 13 atom stereocenters. The highest BCUT2D eigenvalue weighted by molar-refractivity contribution is 4.99. The fourth-order valence-electron chi connectivity index (χ4n) is 10.9. The third kappa shape index (κ3) is 19.8. The zero-order valence-corrected chi connectivity index (χ0v) is 46.9. The predicted octanol–water partition coefficient (Wildman–Crippen LogP) is 4.96. The van der Waals surface area contributed by atoms with Gasteiger partial charge >= 0.3 is 0 Å². The first-order valence-corrected chi connectivity index (χ1v) is 27.0. The molecule has 0 unspecified atom stereocenters. The summed E-state index contributed by atoms with van der Waals surface area (Å²) in [6.45, 7) is 49.8. The van der Waals surface area contributed by atoms with E-state index in [2.05, 4.69) is 149 Å². The maximum atomic E-state index is 10.1. The lowest BCUT2D eigenvalue weighted by Crippen LogP contribution is -2.61. The van der Waals surface area contributed by atoms with Gasteiger partial charge in [0.05, 0.1) is 18.3 Å². The average Bonchev–Trinajstić information content (AvgIpc) is 4.10. The summed E-state index contributed by atoms with van der Waals surface area (Å²) in [5, 5.41) is 29.4. The van der Waals surface area contributed by atoms with Crippen LogP contribution in [0.4, 0.5) is 0 Å². The van der Waals surface area contributed by atoms with Crippen molar-refractivity contribution in [2.75, 3.05) is 65.4 Å². The molecule has 0 aromatic heterocycles. The highest BCUT2D eigenvalue weighted by Crippen LogP contribution is 2.43. The lowest BCUT2D eigenvalue weighted by atomic mass is 9.85. The third-order valence-corrected chi connectivity index (χ3v) is 16.1. The van der Waals surface area contributed by atoms with Gasteiger partial charge in [-0.2, -0.15) is 0 Å². The summed E-state index contributed by atoms with van der Waals surface area (Å²) in [5.74, 6) is 4.35. The Morgan fingerprint density at radius 3 is 0.985 bits per heavy atom. The summed E-state index contributed by atoms with van der Waals surface area (Å²) in [6.07, 6.45) is 6.97. The summed E-state index contributed by atoms with van der Waals surface area (Å²) >= 11 is 0. The lowest BCUT2D eigenvalue weighted by molar-refractivity contribution is -0.0303. The molecule has 0 amide bonds. The van der Waals surface area contributed by atoms with Crippen molar-refractivity contribution in [1.29, 1.82) is 0 Å². The van der Waals surface area contributed by atoms with Crippen molar-refractivity contribution in [2.24, 2.45) is 70.1 Å². The van der Waals surface area contributed by atoms with Crippen molar-refractivity contribution >= 4 is 0 Å². The van der Waals surface area contributed by atoms with Crippen LogP contribution >= 0.6 is 0 Å². The van der Waals surface area contributed by atoms with Crippen LogP contribution in [0.25, 0.3) is 0 Å². The van der Waals surface area contributed by atoms with E-state index < -0.39 is 0 Å². The second kappa shape index (κ2) is 24.5. The van der Waals surface area contributed by atoms with E-state index in [0.717, 1.165) is 76.0 Å². The number of nitrogens with zero attached hydrogens (tertiary/aromatic N) is 5. The molecule has 0 aromatic rings. The first kappa shape index (κ1) is 60.8. The van der Waals surface area contributed by atoms with Crippen LogP contribution in [-0.4, -0.2) is 181 Å². The highest BCUT2D eigenvalue weighted by Gasteiger charge is 2.45. The molecule has 7 fully saturated rings. The molecule has 5 saturated heterocycles. The number of aliphatic hydroxyl groups excluding tert-OH is 3. The number of hydrogen-bond acceptors (Lipinski definition) is 13. The van der Waals surface area contributed by atoms with Gasteiger partial charge in [0, 0.05) is 129 Å². The Bertz CT molecular complexity index is 1350. The van der Waals surface area contributed by atoms with Crippen LogP contribution in [0.15, 0.2) is 0 Å². The minimum absolute atomic E-state index is 0.0661. The fourth-order valence-corrected chi connectivity index (χ4v) is 10.9. The predicted molar refractivity (Wildman–Crippen MR) is 284 cm³/mol. The molecule has 7 rings (SSSR count). The summed E-state index contributed by atoms with van der Waals surface area (Å²) in [6, 6.07) is 0.538. The Hall–Kier alpha value is -0.520. The van der Waals surface area contributed by atoms with Gasteiger partial charge in [-0.1, -0.05) is 20.8 Å². The van der Waals surface area contributed by atoms with Crippen molar-refractivity contribution in [3.05, 3.63) is 0 Å². The van der Waals surface area contributed by atoms with Crippen molar-refractivity contribution in [1.82, 2.24) is 24.5 Å². The Kier molecular flexibility index (Phi) is 22.2. The van der Waals surface area contributed by atoms with Gasteiger partial charge in [0.1, 0.15) is 0 Å². The standard InChI is InChI=1S/C12H24N2O.C12H24N2.2C10H22N2O.C10H22N2/c1-12(2,3)14-6-9(8-4-5-8)11(15)10(13)7-14;1-12(2,3)14-7-10(9-4-5-9)6-11(13)8-14;2*1-7-5-12(10(2,3)4)6-8(11)9(7)13;1-8-5-9(11)7-12(6-8)10(2,3)4/h8-11,15H,4-7,13H2,1-3H3;9-11H,4-8,13H2,1-3H3;2*7-9,13H,5-6,11H2,1-4H3;8-9H,5-7,11H2,1-4H3/t9-,10-,11-;10-,11+;2*7-,8+,9+;8-,9+/m11001/s1. The van der Waals surface area contributed by atoms with Crippen molar-refractivity contribution < 1.29 is 15.3 Å². The van der Waals surface area contributed by atoms with Crippen LogP contribution in [0, 0.1) is 41.4 Å². The summed E-state index contributed by atoms with van der Waals surface area (Å²) < 4.78 is 0. The minimum atomic E-state index is -0.335. The summed E-state index contributed by atoms with van der Waals surface area (Å²) in [7, 11) is 0.